The van der Waals surface area contributed by atoms with Crippen molar-refractivity contribution in [2.24, 2.45) is 0 Å². The number of methoxy groups -OCH3 is 1. The molecule has 0 aliphatic carbocycles. The summed E-state index contributed by atoms with van der Waals surface area (Å²) in [5.74, 6) is 0.211. The minimum Gasteiger partial charge on any atom is -0.464 e. The molecule has 0 atom stereocenters. The van der Waals surface area contributed by atoms with Crippen LogP contribution in [0.1, 0.15) is 16.1 Å². The highest BCUT2D eigenvalue weighted by atomic mass is 16.5. The van der Waals surface area contributed by atoms with Crippen LogP contribution in [0.15, 0.2) is 30.9 Å². The van der Waals surface area contributed by atoms with Crippen LogP contribution in [0.2, 0.25) is 0 Å². The molecule has 0 N–H and O–H groups in total. The molecule has 0 spiro atoms. The quantitative estimate of drug-likeness (QED) is 0.713. The maximum Gasteiger partial charge on any atom is 0.356 e. The fraction of sp³-hybridized carbons (Fsp3) is 0.182. The Morgan fingerprint density at radius 2 is 2.25 bits per heavy atom. The molecular formula is C11H11N3O2. The standard InChI is InChI=1S/C11H11N3O2/c1-8-5-9(11(15)16-2)13-10(6-8)14-4-3-12-7-14/h3-7H,1-2H3. The van der Waals surface area contributed by atoms with Gasteiger partial charge in [-0.25, -0.2) is 14.8 Å². The molecular weight excluding hydrogens is 206 g/mol. The molecule has 2 aromatic heterocycles. The van der Waals surface area contributed by atoms with Crippen LogP contribution in [0.3, 0.4) is 0 Å². The Bertz CT molecular complexity index is 506. The summed E-state index contributed by atoms with van der Waals surface area (Å²) in [5, 5.41) is 0. The summed E-state index contributed by atoms with van der Waals surface area (Å²) in [6.07, 6.45) is 5.05. The van der Waals surface area contributed by atoms with Gasteiger partial charge in [0.2, 0.25) is 0 Å². The van der Waals surface area contributed by atoms with Crippen molar-refractivity contribution in [1.82, 2.24) is 14.5 Å². The van der Waals surface area contributed by atoms with E-state index in [1.807, 2.05) is 13.0 Å². The lowest BCUT2D eigenvalue weighted by atomic mass is 10.2. The second-order valence-corrected chi connectivity index (χ2v) is 3.35. The molecule has 5 heteroatoms. The van der Waals surface area contributed by atoms with Gasteiger partial charge >= 0.3 is 5.97 Å². The van der Waals surface area contributed by atoms with Gasteiger partial charge in [-0.15, -0.1) is 0 Å². The monoisotopic (exact) mass is 217 g/mol. The van der Waals surface area contributed by atoms with Crippen molar-refractivity contribution in [3.63, 3.8) is 0 Å². The van der Waals surface area contributed by atoms with E-state index in [9.17, 15) is 4.79 Å². The molecule has 2 heterocycles. The first-order valence-corrected chi connectivity index (χ1v) is 4.76. The van der Waals surface area contributed by atoms with Crippen molar-refractivity contribution < 1.29 is 9.53 Å². The number of pyridine rings is 1. The summed E-state index contributed by atoms with van der Waals surface area (Å²) in [5.41, 5.74) is 1.24. The first kappa shape index (κ1) is 10.4. The first-order valence-electron chi connectivity index (χ1n) is 4.76. The molecule has 0 aliphatic heterocycles. The van der Waals surface area contributed by atoms with Crippen molar-refractivity contribution in [1.29, 1.82) is 0 Å². The summed E-state index contributed by atoms with van der Waals surface area (Å²) in [6.45, 7) is 1.90. The summed E-state index contributed by atoms with van der Waals surface area (Å²) >= 11 is 0. The molecule has 5 nitrogen and oxygen atoms in total. The Morgan fingerprint density at radius 1 is 1.44 bits per heavy atom. The van der Waals surface area contributed by atoms with Crippen LogP contribution in [0, 0.1) is 6.92 Å². The lowest BCUT2D eigenvalue weighted by Gasteiger charge is -2.05. The first-order chi connectivity index (χ1) is 7.70. The molecule has 0 fully saturated rings. The number of hydrogen-bond acceptors (Lipinski definition) is 4. The highest BCUT2D eigenvalue weighted by molar-refractivity contribution is 5.87. The number of nitrogens with zero attached hydrogens (tertiary/aromatic N) is 3. The predicted octanol–water partition coefficient (Wildman–Crippen LogP) is 1.36. The van der Waals surface area contributed by atoms with E-state index in [0.717, 1.165) is 5.56 Å². The summed E-state index contributed by atoms with van der Waals surface area (Å²) in [4.78, 5) is 19.5. The zero-order chi connectivity index (χ0) is 11.5. The van der Waals surface area contributed by atoms with Gasteiger partial charge in [0.25, 0.3) is 0 Å². The van der Waals surface area contributed by atoms with Crippen LogP contribution in [0.25, 0.3) is 5.82 Å². The van der Waals surface area contributed by atoms with Crippen molar-refractivity contribution in [2.45, 2.75) is 6.92 Å². The van der Waals surface area contributed by atoms with Crippen LogP contribution in [-0.2, 0) is 4.74 Å². The lowest BCUT2D eigenvalue weighted by molar-refractivity contribution is 0.0594. The van der Waals surface area contributed by atoms with E-state index < -0.39 is 5.97 Å². The molecule has 2 aromatic rings. The van der Waals surface area contributed by atoms with Crippen LogP contribution < -0.4 is 0 Å². The summed E-state index contributed by atoms with van der Waals surface area (Å²) < 4.78 is 6.37. The maximum atomic E-state index is 11.4. The van der Waals surface area contributed by atoms with Gasteiger partial charge in [0, 0.05) is 12.4 Å². The third-order valence-electron chi connectivity index (χ3n) is 2.12. The van der Waals surface area contributed by atoms with Gasteiger partial charge in [0.15, 0.2) is 5.69 Å². The van der Waals surface area contributed by atoms with Gasteiger partial charge in [-0.2, -0.15) is 0 Å². The van der Waals surface area contributed by atoms with Crippen LogP contribution in [0.5, 0.6) is 0 Å². The van der Waals surface area contributed by atoms with Crippen LogP contribution >= 0.6 is 0 Å². The second-order valence-electron chi connectivity index (χ2n) is 3.35. The Kier molecular flexibility index (Phi) is 2.68. The van der Waals surface area contributed by atoms with Crippen LogP contribution in [0.4, 0.5) is 0 Å². The molecule has 0 bridgehead atoms. The van der Waals surface area contributed by atoms with E-state index in [2.05, 4.69) is 14.7 Å². The largest absolute Gasteiger partial charge is 0.464 e. The minimum absolute atomic E-state index is 0.297. The number of ether oxygens (including phenoxy) is 1. The predicted molar refractivity (Wildman–Crippen MR) is 57.4 cm³/mol. The van der Waals surface area contributed by atoms with Crippen molar-refractivity contribution in [3.8, 4) is 5.82 Å². The topological polar surface area (TPSA) is 57.0 Å². The Morgan fingerprint density at radius 3 is 2.88 bits per heavy atom. The molecule has 0 aromatic carbocycles. The number of aromatic nitrogens is 3. The third-order valence-corrected chi connectivity index (χ3v) is 2.12. The number of esters is 1. The molecule has 16 heavy (non-hydrogen) atoms. The highest BCUT2D eigenvalue weighted by Gasteiger charge is 2.09. The van der Waals surface area contributed by atoms with Crippen LogP contribution in [-0.4, -0.2) is 27.6 Å². The average molecular weight is 217 g/mol. The maximum absolute atomic E-state index is 11.4. The number of carbonyl (C=O) groups is 1. The van der Waals surface area contributed by atoms with E-state index in [-0.39, 0.29) is 0 Å². The molecule has 2 rings (SSSR count). The molecule has 0 saturated carbocycles. The fourth-order valence-electron chi connectivity index (χ4n) is 1.38. The zero-order valence-electron chi connectivity index (χ0n) is 9.04. The molecule has 0 aliphatic rings. The van der Waals surface area contributed by atoms with Gasteiger partial charge in [0.1, 0.15) is 12.1 Å². The van der Waals surface area contributed by atoms with Gasteiger partial charge in [0.05, 0.1) is 7.11 Å². The molecule has 0 saturated heterocycles. The summed E-state index contributed by atoms with van der Waals surface area (Å²) in [7, 11) is 1.34. The van der Waals surface area contributed by atoms with E-state index in [1.165, 1.54) is 7.11 Å². The van der Waals surface area contributed by atoms with Crippen molar-refractivity contribution in [3.05, 3.63) is 42.1 Å². The summed E-state index contributed by atoms with van der Waals surface area (Å²) in [6, 6.07) is 3.56. The number of carbonyl (C=O) groups excluding carboxylic acids is 1. The smallest absolute Gasteiger partial charge is 0.356 e. The molecule has 0 amide bonds. The molecule has 0 radical (unpaired) electrons. The SMILES string of the molecule is COC(=O)c1cc(C)cc(-n2ccnc2)n1. The number of aryl methyl sites for hydroxylation is 1. The Balaban J connectivity index is 2.48. The van der Waals surface area contributed by atoms with E-state index in [0.29, 0.717) is 11.5 Å². The van der Waals surface area contributed by atoms with Gasteiger partial charge in [-0.1, -0.05) is 0 Å². The van der Waals surface area contributed by atoms with E-state index in [1.54, 1.807) is 29.4 Å². The second kappa shape index (κ2) is 4.14. The zero-order valence-corrected chi connectivity index (χ0v) is 9.04. The van der Waals surface area contributed by atoms with Gasteiger partial charge < -0.3 is 4.74 Å². The Labute approximate surface area is 92.7 Å². The molecule has 82 valence electrons. The highest BCUT2D eigenvalue weighted by Crippen LogP contribution is 2.10. The number of rotatable bonds is 2. The fourth-order valence-corrected chi connectivity index (χ4v) is 1.38. The van der Waals surface area contributed by atoms with E-state index >= 15 is 0 Å². The van der Waals surface area contributed by atoms with E-state index in [4.69, 9.17) is 0 Å². The molecule has 0 unspecified atom stereocenters. The number of hydrogen-bond donors (Lipinski definition) is 0. The minimum atomic E-state index is -0.440. The van der Waals surface area contributed by atoms with Gasteiger partial charge in [-0.3, -0.25) is 4.57 Å². The third kappa shape index (κ3) is 1.93. The number of imidazole rings is 1. The normalized spacial score (nSPS) is 10.1. The van der Waals surface area contributed by atoms with Crippen molar-refractivity contribution >= 4 is 5.97 Å². The Hall–Kier alpha value is -2.17. The average Bonchev–Trinajstić information content (AvgIpc) is 2.80. The lowest BCUT2D eigenvalue weighted by Crippen LogP contribution is -2.07. The van der Waals surface area contributed by atoms with Gasteiger partial charge in [-0.05, 0) is 24.6 Å². The van der Waals surface area contributed by atoms with Crippen molar-refractivity contribution in [2.75, 3.05) is 7.11 Å².